The molecule has 0 radical (unpaired) electrons. The van der Waals surface area contributed by atoms with E-state index in [-0.39, 0.29) is 5.97 Å². The fourth-order valence-electron chi connectivity index (χ4n) is 2.77. The molecule has 2 aromatic carbocycles. The molecule has 0 amide bonds. The van der Waals surface area contributed by atoms with Crippen LogP contribution in [0.3, 0.4) is 0 Å². The smallest absolute Gasteiger partial charge is 0.337 e. The largest absolute Gasteiger partial charge is 0.465 e. The highest BCUT2D eigenvalue weighted by molar-refractivity contribution is 5.91. The Morgan fingerprint density at radius 1 is 0.808 bits per heavy atom. The Morgan fingerprint density at radius 3 is 2.23 bits per heavy atom. The number of hydrogen-bond donors (Lipinski definition) is 0. The lowest BCUT2D eigenvalue weighted by atomic mass is 10.0. The highest BCUT2D eigenvalue weighted by atomic mass is 16.5. The quantitative estimate of drug-likeness (QED) is 0.524. The molecule has 2 aromatic heterocycles. The van der Waals surface area contributed by atoms with E-state index in [2.05, 4.69) is 4.98 Å². The molecule has 0 unspecified atom stereocenters. The summed E-state index contributed by atoms with van der Waals surface area (Å²) in [5.41, 5.74) is 5.14. The molecule has 5 heteroatoms. The monoisotopic (exact) mass is 341 g/mol. The lowest BCUT2D eigenvalue weighted by Crippen LogP contribution is -2.01. The third-order valence-corrected chi connectivity index (χ3v) is 4.07. The number of carbonyl (C=O) groups is 1. The van der Waals surface area contributed by atoms with E-state index >= 15 is 0 Å². The van der Waals surface area contributed by atoms with E-state index in [9.17, 15) is 4.79 Å². The summed E-state index contributed by atoms with van der Waals surface area (Å²) >= 11 is 0. The highest BCUT2D eigenvalue weighted by Crippen LogP contribution is 2.30. The Labute approximate surface area is 150 Å². The maximum absolute atomic E-state index is 11.7. The van der Waals surface area contributed by atoms with Gasteiger partial charge in [-0.15, -0.1) is 0 Å². The number of fused-ring (bicyclic) bond motifs is 1. The Balaban J connectivity index is 1.91. The lowest BCUT2D eigenvalue weighted by molar-refractivity contribution is 0.0601. The van der Waals surface area contributed by atoms with Crippen LogP contribution in [-0.2, 0) is 4.74 Å². The van der Waals surface area contributed by atoms with Crippen LogP contribution in [0.5, 0.6) is 0 Å². The molecule has 0 aliphatic carbocycles. The van der Waals surface area contributed by atoms with Crippen LogP contribution in [-0.4, -0.2) is 28.0 Å². The molecule has 0 atom stereocenters. The van der Waals surface area contributed by atoms with Crippen molar-refractivity contribution in [1.82, 2.24) is 15.0 Å². The second-order valence-electron chi connectivity index (χ2n) is 5.70. The third-order valence-electron chi connectivity index (χ3n) is 4.07. The van der Waals surface area contributed by atoms with Crippen LogP contribution in [0.15, 0.2) is 72.9 Å². The van der Waals surface area contributed by atoms with Crippen molar-refractivity contribution in [1.29, 1.82) is 0 Å². The summed E-state index contributed by atoms with van der Waals surface area (Å²) in [6.07, 6.45) is 1.70. The fraction of sp³-hybridized carbons (Fsp3) is 0.0476. The van der Waals surface area contributed by atoms with Gasteiger partial charge in [-0.2, -0.15) is 0 Å². The summed E-state index contributed by atoms with van der Waals surface area (Å²) in [5.74, 6) is -0.367. The van der Waals surface area contributed by atoms with Gasteiger partial charge >= 0.3 is 5.97 Å². The van der Waals surface area contributed by atoms with Crippen LogP contribution in [0.1, 0.15) is 10.4 Å². The number of carbonyl (C=O) groups excluding carboxylic acids is 1. The van der Waals surface area contributed by atoms with Crippen LogP contribution < -0.4 is 0 Å². The molecule has 5 nitrogen and oxygen atoms in total. The average Bonchev–Trinajstić information content (AvgIpc) is 2.73. The molecule has 0 bridgehead atoms. The summed E-state index contributed by atoms with van der Waals surface area (Å²) in [6, 6.07) is 20.7. The van der Waals surface area contributed by atoms with Gasteiger partial charge in [0.15, 0.2) is 5.65 Å². The minimum Gasteiger partial charge on any atom is -0.465 e. The van der Waals surface area contributed by atoms with E-state index in [0.29, 0.717) is 11.2 Å². The number of pyridine rings is 1. The number of nitrogens with zero attached hydrogens (tertiary/aromatic N) is 3. The van der Waals surface area contributed by atoms with E-state index in [1.807, 2.05) is 54.6 Å². The lowest BCUT2D eigenvalue weighted by Gasteiger charge is -2.10. The van der Waals surface area contributed by atoms with E-state index in [4.69, 9.17) is 14.7 Å². The summed E-state index contributed by atoms with van der Waals surface area (Å²) < 4.78 is 4.76. The van der Waals surface area contributed by atoms with E-state index in [0.717, 1.165) is 28.0 Å². The second-order valence-corrected chi connectivity index (χ2v) is 5.70. The highest BCUT2D eigenvalue weighted by Gasteiger charge is 2.14. The van der Waals surface area contributed by atoms with E-state index in [1.54, 1.807) is 18.3 Å². The molecule has 2 heterocycles. The van der Waals surface area contributed by atoms with Crippen molar-refractivity contribution in [2.75, 3.05) is 7.11 Å². The Bertz CT molecular complexity index is 1080. The third kappa shape index (κ3) is 2.91. The van der Waals surface area contributed by atoms with Crippen molar-refractivity contribution in [2.45, 2.75) is 0 Å². The van der Waals surface area contributed by atoms with Crippen molar-refractivity contribution in [3.8, 4) is 22.5 Å². The Morgan fingerprint density at radius 2 is 1.50 bits per heavy atom. The normalized spacial score (nSPS) is 10.7. The molecule has 4 aromatic rings. The molecular weight excluding hydrogens is 326 g/mol. The topological polar surface area (TPSA) is 65.0 Å². The van der Waals surface area contributed by atoms with Gasteiger partial charge in [0, 0.05) is 17.3 Å². The number of hydrogen-bond acceptors (Lipinski definition) is 5. The van der Waals surface area contributed by atoms with Crippen molar-refractivity contribution >= 4 is 17.1 Å². The Hall–Kier alpha value is -3.60. The van der Waals surface area contributed by atoms with Gasteiger partial charge in [0.2, 0.25) is 0 Å². The predicted octanol–water partition coefficient (Wildman–Crippen LogP) is 4.15. The summed E-state index contributed by atoms with van der Waals surface area (Å²) in [4.78, 5) is 25.5. The molecule has 0 saturated heterocycles. The molecule has 0 saturated carbocycles. The van der Waals surface area contributed by atoms with Crippen molar-refractivity contribution < 1.29 is 9.53 Å². The van der Waals surface area contributed by atoms with E-state index in [1.165, 1.54) is 7.11 Å². The maximum atomic E-state index is 11.7. The number of esters is 1. The first kappa shape index (κ1) is 15.9. The molecule has 0 spiro atoms. The number of rotatable bonds is 3. The van der Waals surface area contributed by atoms with Crippen molar-refractivity contribution in [3.63, 3.8) is 0 Å². The second kappa shape index (κ2) is 6.72. The van der Waals surface area contributed by atoms with Crippen molar-refractivity contribution in [2.24, 2.45) is 0 Å². The minimum atomic E-state index is -0.367. The zero-order chi connectivity index (χ0) is 17.9. The number of ether oxygens (including phenoxy) is 1. The molecule has 0 N–H and O–H groups in total. The van der Waals surface area contributed by atoms with Crippen LogP contribution >= 0.6 is 0 Å². The molecule has 0 aliphatic rings. The molecule has 0 aliphatic heterocycles. The summed E-state index contributed by atoms with van der Waals surface area (Å²) in [6.45, 7) is 0. The van der Waals surface area contributed by atoms with E-state index < -0.39 is 0 Å². The van der Waals surface area contributed by atoms with Crippen LogP contribution in [0.4, 0.5) is 0 Å². The first-order chi connectivity index (χ1) is 12.8. The van der Waals surface area contributed by atoms with Gasteiger partial charge in [-0.1, -0.05) is 42.5 Å². The van der Waals surface area contributed by atoms with Gasteiger partial charge in [-0.05, 0) is 24.3 Å². The molecule has 26 heavy (non-hydrogen) atoms. The standard InChI is InChI=1S/C21H15N3O2/c1-26-21(25)16-11-9-15(10-12-16)18-19(14-6-3-2-4-7-14)24-20-17(23-18)8-5-13-22-20/h2-13H,1H3. The molecule has 126 valence electrons. The van der Waals surface area contributed by atoms with Gasteiger partial charge in [0.1, 0.15) is 5.52 Å². The Kier molecular flexibility index (Phi) is 4.11. The van der Waals surface area contributed by atoms with Gasteiger partial charge in [0.05, 0.1) is 24.1 Å². The first-order valence-corrected chi connectivity index (χ1v) is 8.13. The minimum absolute atomic E-state index is 0.367. The average molecular weight is 341 g/mol. The number of methoxy groups -OCH3 is 1. The zero-order valence-electron chi connectivity index (χ0n) is 14.1. The first-order valence-electron chi connectivity index (χ1n) is 8.13. The van der Waals surface area contributed by atoms with Crippen molar-refractivity contribution in [3.05, 3.63) is 78.5 Å². The van der Waals surface area contributed by atoms with Gasteiger partial charge in [-0.3, -0.25) is 0 Å². The summed E-state index contributed by atoms with van der Waals surface area (Å²) in [7, 11) is 1.37. The van der Waals surface area contributed by atoms with Gasteiger partial charge in [0.25, 0.3) is 0 Å². The van der Waals surface area contributed by atoms with Crippen LogP contribution in [0.25, 0.3) is 33.7 Å². The van der Waals surface area contributed by atoms with Gasteiger partial charge in [-0.25, -0.2) is 19.7 Å². The number of aromatic nitrogens is 3. The molecule has 4 rings (SSSR count). The molecular formula is C21H15N3O2. The number of benzene rings is 2. The molecule has 0 fully saturated rings. The van der Waals surface area contributed by atoms with Crippen LogP contribution in [0, 0.1) is 0 Å². The van der Waals surface area contributed by atoms with Gasteiger partial charge < -0.3 is 4.74 Å². The zero-order valence-corrected chi connectivity index (χ0v) is 14.1. The van der Waals surface area contributed by atoms with Crippen LogP contribution in [0.2, 0.25) is 0 Å². The predicted molar refractivity (Wildman–Crippen MR) is 99.5 cm³/mol. The maximum Gasteiger partial charge on any atom is 0.337 e. The SMILES string of the molecule is COC(=O)c1ccc(-c2nc3cccnc3nc2-c2ccccc2)cc1. The summed E-state index contributed by atoms with van der Waals surface area (Å²) in [5, 5.41) is 0. The fourth-order valence-corrected chi connectivity index (χ4v) is 2.77.